The first-order chi connectivity index (χ1) is 8.77. The van der Waals surface area contributed by atoms with Gasteiger partial charge in [0.25, 0.3) is 6.08 Å². The highest BCUT2D eigenvalue weighted by Crippen LogP contribution is 2.40. The Morgan fingerprint density at radius 2 is 1.83 bits per heavy atom. The maximum atomic E-state index is 12.1. The van der Waals surface area contributed by atoms with Crippen LogP contribution in [0.1, 0.15) is 50.0 Å². The number of hydrogen-bond donors (Lipinski definition) is 0. The van der Waals surface area contributed by atoms with Crippen molar-refractivity contribution in [2.75, 3.05) is 0 Å². The van der Waals surface area contributed by atoms with Crippen molar-refractivity contribution in [1.29, 1.82) is 0 Å². The third kappa shape index (κ3) is 3.66. The Labute approximate surface area is 108 Å². The number of allylic oxidation sites excluding steroid dienone is 1. The van der Waals surface area contributed by atoms with Crippen LogP contribution >= 0.6 is 0 Å². The monoisotopic (exact) mass is 250 g/mol. The number of halogens is 2. The van der Waals surface area contributed by atoms with E-state index in [1.807, 2.05) is 6.07 Å². The van der Waals surface area contributed by atoms with Gasteiger partial charge in [0.05, 0.1) is 0 Å². The first-order valence-corrected chi connectivity index (χ1v) is 6.83. The van der Waals surface area contributed by atoms with Crippen LogP contribution in [0.4, 0.5) is 8.78 Å². The second-order valence-corrected chi connectivity index (χ2v) is 5.13. The van der Waals surface area contributed by atoms with Gasteiger partial charge in [0, 0.05) is 0 Å². The minimum absolute atomic E-state index is 0.510. The van der Waals surface area contributed by atoms with Crippen molar-refractivity contribution >= 4 is 0 Å². The van der Waals surface area contributed by atoms with Gasteiger partial charge in [-0.25, -0.2) is 0 Å². The van der Waals surface area contributed by atoms with Crippen LogP contribution < -0.4 is 0 Å². The first-order valence-electron chi connectivity index (χ1n) is 6.83. The van der Waals surface area contributed by atoms with E-state index in [-0.39, 0.29) is 0 Å². The molecule has 0 radical (unpaired) electrons. The highest BCUT2D eigenvalue weighted by atomic mass is 19.3. The van der Waals surface area contributed by atoms with Crippen molar-refractivity contribution in [3.63, 3.8) is 0 Å². The summed E-state index contributed by atoms with van der Waals surface area (Å²) < 4.78 is 24.1. The SMILES string of the molecule is FC(F)=CCCC1CCCCC1c1ccccc1. The van der Waals surface area contributed by atoms with Gasteiger partial charge in [-0.05, 0) is 49.2 Å². The molecule has 1 fully saturated rings. The van der Waals surface area contributed by atoms with Gasteiger partial charge in [-0.2, -0.15) is 8.78 Å². The molecule has 0 bridgehead atoms. The molecule has 0 aromatic heterocycles. The topological polar surface area (TPSA) is 0 Å². The van der Waals surface area contributed by atoms with Crippen LogP contribution in [0.5, 0.6) is 0 Å². The fraction of sp³-hybridized carbons (Fsp3) is 0.500. The lowest BCUT2D eigenvalue weighted by Gasteiger charge is -2.31. The summed E-state index contributed by atoms with van der Waals surface area (Å²) in [6.07, 6.45) is 5.82. The van der Waals surface area contributed by atoms with Crippen LogP contribution in [0.15, 0.2) is 42.5 Å². The van der Waals surface area contributed by atoms with Gasteiger partial charge in [-0.1, -0.05) is 43.2 Å². The lowest BCUT2D eigenvalue weighted by Crippen LogP contribution is -2.17. The normalized spacial score (nSPS) is 23.7. The van der Waals surface area contributed by atoms with E-state index in [9.17, 15) is 8.78 Å². The largest absolute Gasteiger partial charge is 0.266 e. The van der Waals surface area contributed by atoms with E-state index in [2.05, 4.69) is 24.3 Å². The summed E-state index contributed by atoms with van der Waals surface area (Å²) >= 11 is 0. The van der Waals surface area contributed by atoms with Crippen LogP contribution in [0.2, 0.25) is 0 Å². The molecule has 1 aliphatic rings. The molecule has 1 aromatic carbocycles. The van der Waals surface area contributed by atoms with Gasteiger partial charge < -0.3 is 0 Å². The summed E-state index contributed by atoms with van der Waals surface area (Å²) in [4.78, 5) is 0. The van der Waals surface area contributed by atoms with Crippen LogP contribution in [-0.2, 0) is 0 Å². The van der Waals surface area contributed by atoms with E-state index in [4.69, 9.17) is 0 Å². The predicted molar refractivity (Wildman–Crippen MR) is 70.7 cm³/mol. The minimum atomic E-state index is -1.54. The third-order valence-corrected chi connectivity index (χ3v) is 3.97. The standard InChI is InChI=1S/C16H20F2/c17-16(18)12-6-10-14-9-4-5-11-15(14)13-7-2-1-3-8-13/h1-3,7-8,12,14-15H,4-6,9-11H2. The Bertz CT molecular complexity index is 379. The van der Waals surface area contributed by atoms with Gasteiger partial charge >= 0.3 is 0 Å². The number of hydrogen-bond acceptors (Lipinski definition) is 0. The maximum Gasteiger partial charge on any atom is 0.266 e. The third-order valence-electron chi connectivity index (χ3n) is 3.97. The van der Waals surface area contributed by atoms with E-state index >= 15 is 0 Å². The Morgan fingerprint density at radius 3 is 2.56 bits per heavy atom. The Morgan fingerprint density at radius 1 is 1.11 bits per heavy atom. The van der Waals surface area contributed by atoms with Crippen LogP contribution in [0.25, 0.3) is 0 Å². The lowest BCUT2D eigenvalue weighted by atomic mass is 9.73. The first kappa shape index (κ1) is 13.3. The van der Waals surface area contributed by atoms with E-state index in [0.717, 1.165) is 12.5 Å². The summed E-state index contributed by atoms with van der Waals surface area (Å²) in [5.74, 6) is 1.13. The van der Waals surface area contributed by atoms with Crippen LogP contribution in [-0.4, -0.2) is 0 Å². The average molecular weight is 250 g/mol. The molecule has 2 atom stereocenters. The van der Waals surface area contributed by atoms with Gasteiger partial charge in [0.1, 0.15) is 0 Å². The molecule has 98 valence electrons. The van der Waals surface area contributed by atoms with Crippen molar-refractivity contribution in [2.24, 2.45) is 5.92 Å². The molecular weight excluding hydrogens is 230 g/mol. The molecule has 18 heavy (non-hydrogen) atoms. The highest BCUT2D eigenvalue weighted by Gasteiger charge is 2.25. The number of benzene rings is 1. The molecule has 2 unspecified atom stereocenters. The smallest absolute Gasteiger partial charge is 0.174 e. The molecule has 0 spiro atoms. The quantitative estimate of drug-likeness (QED) is 0.660. The van der Waals surface area contributed by atoms with Gasteiger partial charge in [-0.15, -0.1) is 0 Å². The van der Waals surface area contributed by atoms with Gasteiger partial charge in [0.2, 0.25) is 0 Å². The van der Waals surface area contributed by atoms with Crippen molar-refractivity contribution < 1.29 is 8.78 Å². The molecular formula is C16H20F2. The summed E-state index contributed by atoms with van der Waals surface area (Å²) in [6.45, 7) is 0. The van der Waals surface area contributed by atoms with Crippen molar-refractivity contribution in [3.05, 3.63) is 48.1 Å². The lowest BCUT2D eigenvalue weighted by molar-refractivity contribution is 0.290. The number of rotatable bonds is 4. The van der Waals surface area contributed by atoms with Crippen LogP contribution in [0.3, 0.4) is 0 Å². The maximum absolute atomic E-state index is 12.1. The van der Waals surface area contributed by atoms with Crippen molar-refractivity contribution in [3.8, 4) is 0 Å². The zero-order valence-corrected chi connectivity index (χ0v) is 10.6. The van der Waals surface area contributed by atoms with E-state index in [1.165, 1.54) is 31.2 Å². The second kappa shape index (κ2) is 6.67. The van der Waals surface area contributed by atoms with Gasteiger partial charge in [0.15, 0.2) is 0 Å². The summed E-state index contributed by atoms with van der Waals surface area (Å²) in [5.41, 5.74) is 1.38. The molecule has 0 aliphatic heterocycles. The molecule has 1 aliphatic carbocycles. The molecule has 2 heteroatoms. The van der Waals surface area contributed by atoms with E-state index in [0.29, 0.717) is 18.3 Å². The zero-order chi connectivity index (χ0) is 12.8. The Hall–Kier alpha value is -1.18. The molecule has 0 amide bonds. The molecule has 0 heterocycles. The molecule has 2 rings (SSSR count). The molecule has 0 nitrogen and oxygen atoms in total. The Kier molecular flexibility index (Phi) is 4.91. The average Bonchev–Trinajstić information content (AvgIpc) is 2.40. The molecule has 0 saturated heterocycles. The molecule has 1 aromatic rings. The molecule has 1 saturated carbocycles. The molecule has 0 N–H and O–H groups in total. The minimum Gasteiger partial charge on any atom is -0.174 e. The van der Waals surface area contributed by atoms with E-state index in [1.54, 1.807) is 0 Å². The second-order valence-electron chi connectivity index (χ2n) is 5.13. The fourth-order valence-electron chi connectivity index (χ4n) is 3.10. The van der Waals surface area contributed by atoms with E-state index < -0.39 is 6.08 Å². The highest BCUT2D eigenvalue weighted by molar-refractivity contribution is 5.20. The summed E-state index contributed by atoms with van der Waals surface area (Å²) in [6, 6.07) is 10.5. The summed E-state index contributed by atoms with van der Waals surface area (Å²) in [7, 11) is 0. The predicted octanol–water partition coefficient (Wildman–Crippen LogP) is 5.52. The van der Waals surface area contributed by atoms with Crippen molar-refractivity contribution in [2.45, 2.75) is 44.4 Å². The zero-order valence-electron chi connectivity index (χ0n) is 10.6. The van der Waals surface area contributed by atoms with Gasteiger partial charge in [-0.3, -0.25) is 0 Å². The van der Waals surface area contributed by atoms with Crippen LogP contribution in [0, 0.1) is 5.92 Å². The Balaban J connectivity index is 2.00. The fourth-order valence-corrected chi connectivity index (χ4v) is 3.10. The van der Waals surface area contributed by atoms with Crippen molar-refractivity contribution in [1.82, 2.24) is 0 Å². The summed E-state index contributed by atoms with van der Waals surface area (Å²) in [5, 5.41) is 0.